The van der Waals surface area contributed by atoms with Gasteiger partial charge in [-0.15, -0.1) is 0 Å². The van der Waals surface area contributed by atoms with E-state index in [0.29, 0.717) is 11.5 Å². The SMILES string of the molecule is COc1ccc(NS(=O)(=O)c2cc([N+](=O)[O-])ccc2N/N=C(/C)c2cccnc2)cc1. The summed E-state index contributed by atoms with van der Waals surface area (Å²) in [7, 11) is -2.68. The molecular weight excluding hydrogens is 422 g/mol. The van der Waals surface area contributed by atoms with Crippen LogP contribution in [0.3, 0.4) is 0 Å². The molecule has 0 unspecified atom stereocenters. The second-order valence-corrected chi connectivity index (χ2v) is 7.97. The highest BCUT2D eigenvalue weighted by Gasteiger charge is 2.23. The summed E-state index contributed by atoms with van der Waals surface area (Å²) in [6.07, 6.45) is 3.23. The average Bonchev–Trinajstić information content (AvgIpc) is 2.78. The molecule has 10 nitrogen and oxygen atoms in total. The molecule has 0 aliphatic heterocycles. The molecule has 0 spiro atoms. The topological polar surface area (TPSA) is 136 Å². The van der Waals surface area contributed by atoms with Crippen molar-refractivity contribution in [1.82, 2.24) is 4.98 Å². The molecule has 2 aromatic carbocycles. The normalized spacial score (nSPS) is 11.6. The van der Waals surface area contributed by atoms with Crippen LogP contribution < -0.4 is 14.9 Å². The van der Waals surface area contributed by atoms with Gasteiger partial charge in [-0.05, 0) is 43.3 Å². The number of nitro groups is 1. The number of hydrogen-bond acceptors (Lipinski definition) is 8. The van der Waals surface area contributed by atoms with Gasteiger partial charge in [0.05, 0.1) is 23.4 Å². The lowest BCUT2D eigenvalue weighted by Crippen LogP contribution is -2.15. The summed E-state index contributed by atoms with van der Waals surface area (Å²) in [6, 6.07) is 13.2. The standard InChI is InChI=1S/C20H19N5O5S/c1-14(15-4-3-11-21-13-15)22-23-19-10-7-17(25(26)27)12-20(19)31(28,29)24-16-5-8-18(30-2)9-6-16/h3-13,23-24H,1-2H3/b22-14-. The van der Waals surface area contributed by atoms with Crippen molar-refractivity contribution in [2.45, 2.75) is 11.8 Å². The van der Waals surface area contributed by atoms with Crippen molar-refractivity contribution in [3.63, 3.8) is 0 Å². The molecule has 0 radical (unpaired) electrons. The fourth-order valence-electron chi connectivity index (χ4n) is 2.59. The van der Waals surface area contributed by atoms with Crippen LogP contribution in [0.1, 0.15) is 12.5 Å². The second-order valence-electron chi connectivity index (χ2n) is 6.32. The van der Waals surface area contributed by atoms with E-state index in [9.17, 15) is 18.5 Å². The van der Waals surface area contributed by atoms with E-state index in [1.54, 1.807) is 43.6 Å². The summed E-state index contributed by atoms with van der Waals surface area (Å²) < 4.78 is 33.5. The Kier molecular flexibility index (Phi) is 6.46. The molecule has 31 heavy (non-hydrogen) atoms. The molecule has 0 aliphatic rings. The molecule has 0 atom stereocenters. The number of rotatable bonds is 8. The maximum atomic E-state index is 13.0. The van der Waals surface area contributed by atoms with Crippen molar-refractivity contribution in [3.8, 4) is 5.75 Å². The van der Waals surface area contributed by atoms with Crippen LogP contribution in [0.5, 0.6) is 5.75 Å². The van der Waals surface area contributed by atoms with Crippen molar-refractivity contribution in [2.24, 2.45) is 5.10 Å². The van der Waals surface area contributed by atoms with E-state index in [4.69, 9.17) is 4.74 Å². The number of hydrazone groups is 1. The summed E-state index contributed by atoms with van der Waals surface area (Å²) in [5.74, 6) is 0.556. The molecule has 0 amide bonds. The number of benzene rings is 2. The van der Waals surface area contributed by atoms with Gasteiger partial charge in [-0.3, -0.25) is 25.2 Å². The molecule has 2 N–H and O–H groups in total. The summed E-state index contributed by atoms with van der Waals surface area (Å²) in [5.41, 5.74) is 3.96. The first-order valence-electron chi connectivity index (χ1n) is 8.96. The minimum atomic E-state index is -4.17. The zero-order chi connectivity index (χ0) is 22.4. The van der Waals surface area contributed by atoms with Crippen LogP contribution >= 0.6 is 0 Å². The van der Waals surface area contributed by atoms with Crippen molar-refractivity contribution >= 4 is 32.8 Å². The van der Waals surface area contributed by atoms with Gasteiger partial charge in [-0.2, -0.15) is 5.10 Å². The summed E-state index contributed by atoms with van der Waals surface area (Å²) in [4.78, 5) is 14.2. The highest BCUT2D eigenvalue weighted by Crippen LogP contribution is 2.29. The zero-order valence-electron chi connectivity index (χ0n) is 16.6. The largest absolute Gasteiger partial charge is 0.497 e. The highest BCUT2D eigenvalue weighted by molar-refractivity contribution is 7.92. The second kappa shape index (κ2) is 9.22. The summed E-state index contributed by atoms with van der Waals surface area (Å²) in [6.45, 7) is 1.72. The molecule has 1 aromatic heterocycles. The molecule has 0 aliphatic carbocycles. The average molecular weight is 441 g/mol. The van der Waals surface area contributed by atoms with Gasteiger partial charge in [0.15, 0.2) is 0 Å². The monoisotopic (exact) mass is 441 g/mol. The minimum Gasteiger partial charge on any atom is -0.497 e. The number of pyridine rings is 1. The Labute approximate surface area is 178 Å². The van der Waals surface area contributed by atoms with E-state index in [0.717, 1.165) is 11.6 Å². The van der Waals surface area contributed by atoms with Crippen molar-refractivity contribution < 1.29 is 18.1 Å². The van der Waals surface area contributed by atoms with E-state index in [2.05, 4.69) is 20.2 Å². The van der Waals surface area contributed by atoms with Crippen LogP contribution in [-0.4, -0.2) is 31.1 Å². The lowest BCUT2D eigenvalue weighted by molar-refractivity contribution is -0.385. The van der Waals surface area contributed by atoms with Gasteiger partial charge in [-0.25, -0.2) is 8.42 Å². The third-order valence-corrected chi connectivity index (χ3v) is 5.65. The number of hydrogen-bond donors (Lipinski definition) is 2. The lowest BCUT2D eigenvalue weighted by Gasteiger charge is -2.13. The molecule has 0 fully saturated rings. The molecule has 1 heterocycles. The predicted molar refractivity (Wildman–Crippen MR) is 117 cm³/mol. The van der Waals surface area contributed by atoms with Gasteiger partial charge in [0.25, 0.3) is 15.7 Å². The number of sulfonamides is 1. The van der Waals surface area contributed by atoms with Crippen LogP contribution in [0.25, 0.3) is 0 Å². The predicted octanol–water partition coefficient (Wildman–Crippen LogP) is 3.64. The van der Waals surface area contributed by atoms with Gasteiger partial charge in [-0.1, -0.05) is 6.07 Å². The number of methoxy groups -OCH3 is 1. The Balaban J connectivity index is 1.96. The Morgan fingerprint density at radius 3 is 2.52 bits per heavy atom. The van der Waals surface area contributed by atoms with Crippen LogP contribution in [0.4, 0.5) is 17.1 Å². The van der Waals surface area contributed by atoms with Crippen LogP contribution in [0.2, 0.25) is 0 Å². The van der Waals surface area contributed by atoms with Crippen LogP contribution in [-0.2, 0) is 10.0 Å². The van der Waals surface area contributed by atoms with Crippen molar-refractivity contribution in [3.05, 3.63) is 82.7 Å². The maximum Gasteiger partial charge on any atom is 0.270 e. The first-order valence-corrected chi connectivity index (χ1v) is 10.4. The summed E-state index contributed by atoms with van der Waals surface area (Å²) >= 11 is 0. The number of aromatic nitrogens is 1. The molecule has 3 rings (SSSR count). The van der Waals surface area contributed by atoms with Crippen LogP contribution in [0.15, 0.2) is 77.0 Å². The third kappa shape index (κ3) is 5.34. The van der Waals surface area contributed by atoms with E-state index < -0.39 is 14.9 Å². The van der Waals surface area contributed by atoms with E-state index >= 15 is 0 Å². The fourth-order valence-corrected chi connectivity index (χ4v) is 3.83. The molecule has 0 bridgehead atoms. The maximum absolute atomic E-state index is 13.0. The van der Waals surface area contributed by atoms with Gasteiger partial charge in [0, 0.05) is 35.8 Å². The molecule has 11 heteroatoms. The van der Waals surface area contributed by atoms with Gasteiger partial charge in [0.1, 0.15) is 10.6 Å². The number of nitrogens with zero attached hydrogens (tertiary/aromatic N) is 3. The smallest absolute Gasteiger partial charge is 0.270 e. The first-order chi connectivity index (χ1) is 14.8. The minimum absolute atomic E-state index is 0.0786. The van der Waals surface area contributed by atoms with E-state index in [1.165, 1.54) is 31.4 Å². The summed E-state index contributed by atoms with van der Waals surface area (Å²) in [5, 5.41) is 15.4. The van der Waals surface area contributed by atoms with Crippen LogP contribution in [0, 0.1) is 10.1 Å². The quantitative estimate of drug-likeness (QED) is 0.309. The first kappa shape index (κ1) is 21.7. The molecular formula is C20H19N5O5S. The Morgan fingerprint density at radius 1 is 1.16 bits per heavy atom. The molecule has 160 valence electrons. The lowest BCUT2D eigenvalue weighted by atomic mass is 10.2. The highest BCUT2D eigenvalue weighted by atomic mass is 32.2. The van der Waals surface area contributed by atoms with Crippen molar-refractivity contribution in [2.75, 3.05) is 17.3 Å². The number of ether oxygens (including phenoxy) is 1. The molecule has 0 saturated heterocycles. The van der Waals surface area contributed by atoms with Gasteiger partial charge >= 0.3 is 0 Å². The number of non-ortho nitro benzene ring substituents is 1. The van der Waals surface area contributed by atoms with Crippen molar-refractivity contribution in [1.29, 1.82) is 0 Å². The van der Waals surface area contributed by atoms with E-state index in [-0.39, 0.29) is 22.0 Å². The van der Waals surface area contributed by atoms with Gasteiger partial charge in [0.2, 0.25) is 0 Å². The van der Waals surface area contributed by atoms with E-state index in [1.807, 2.05) is 0 Å². The Bertz CT molecular complexity index is 1210. The third-order valence-electron chi connectivity index (χ3n) is 4.23. The Hall–Kier alpha value is -3.99. The fraction of sp³-hybridized carbons (Fsp3) is 0.100. The van der Waals surface area contributed by atoms with Gasteiger partial charge < -0.3 is 4.74 Å². The zero-order valence-corrected chi connectivity index (χ0v) is 17.5. The molecule has 3 aromatic rings. The molecule has 0 saturated carbocycles. The number of nitrogens with one attached hydrogen (secondary N) is 2. The number of anilines is 2. The Morgan fingerprint density at radius 2 is 1.90 bits per heavy atom. The number of nitro benzene ring substituents is 1.